The lowest BCUT2D eigenvalue weighted by molar-refractivity contribution is -0.660. The number of rotatable bonds is 12. The largest absolute Gasteiger partial charge is 0.455 e. The molecule has 0 unspecified atom stereocenters. The Bertz CT molecular complexity index is 7330. The lowest BCUT2D eigenvalue weighted by atomic mass is 9.96. The van der Waals surface area contributed by atoms with Gasteiger partial charge in [-0.15, -0.1) is 0 Å². The maximum Gasteiger partial charge on any atom is 0.216 e. The molecule has 0 radical (unpaired) electrons. The number of halogens is 1. The van der Waals surface area contributed by atoms with E-state index in [0.29, 0.717) is 11.8 Å². The van der Waals surface area contributed by atoms with Gasteiger partial charge in [-0.1, -0.05) is 247 Å². The highest BCUT2D eigenvalue weighted by molar-refractivity contribution is 6.13. The van der Waals surface area contributed by atoms with Crippen LogP contribution < -0.4 is 18.3 Å². The van der Waals surface area contributed by atoms with Crippen LogP contribution in [-0.4, -0.2) is 0 Å². The molecule has 8 aromatic heterocycles. The molecule has 0 spiro atoms. The number of para-hydroxylation sites is 4. The summed E-state index contributed by atoms with van der Waals surface area (Å²) in [4.78, 5) is 0. The summed E-state index contributed by atoms with van der Waals surface area (Å²) in [6.45, 7) is 23.7. The number of benzene rings is 12. The average Bonchev–Trinajstić information content (AvgIpc) is 1.56. The molecule has 0 amide bonds. The second-order valence-corrected chi connectivity index (χ2v) is 33.4. The van der Waals surface area contributed by atoms with E-state index < -0.39 is 0 Å². The normalized spacial score (nSPS) is 11.6. The first kappa shape index (κ1) is 78.9. The van der Waals surface area contributed by atoms with Crippen molar-refractivity contribution in [3.8, 4) is 89.5 Å². The third-order valence-electron chi connectivity index (χ3n) is 23.7. The van der Waals surface area contributed by atoms with Gasteiger partial charge in [-0.05, 0) is 181 Å². The second-order valence-electron chi connectivity index (χ2n) is 33.4. The summed E-state index contributed by atoms with van der Waals surface area (Å²) in [7, 11) is 8.39. The monoisotopic (exact) mass is 1570 g/mol. The van der Waals surface area contributed by atoms with E-state index in [4.69, 9.17) is 17.7 Å². The topological polar surface area (TPSA) is 68.1 Å². The highest BCUT2D eigenvalue weighted by Crippen LogP contribution is 2.43. The Balaban J connectivity index is 0.000000114. The fourth-order valence-electron chi connectivity index (χ4n) is 17.4. The van der Waals surface area contributed by atoms with Gasteiger partial charge >= 0.3 is 0 Å². The van der Waals surface area contributed by atoms with Crippen LogP contribution in [0.25, 0.3) is 177 Å². The number of aromatic nitrogens is 4. The van der Waals surface area contributed by atoms with Crippen molar-refractivity contribution in [2.75, 3.05) is 0 Å². The molecule has 8 heterocycles. The standard InChI is InChI=1S/C29H28NO.C28H25FNO.C28H26NO.C26H22NO/c1-19(2)16-21-8-7-9-22(17-21)23-13-15-26(30(4)18-23)28-20(3)12-14-25-24-10-5-6-11-27(24)31-29(25)28;1-17(2)23-15-19(10-13-24(23)29)20-11-14-25(30(4)16-20)27-18(3)9-12-22-21-7-5-6-8-26(21)31-28(22)27;1-18(2)20-8-7-9-21(16-20)22-13-15-25(29(4)17-22)27-19(3)12-14-24-23-10-5-6-11-26(23)30-28(24)27;1-17-7-6-8-19(15-17)20-12-14-23(27(3)16-20)25-18(2)11-13-22-21-9-4-5-10-24(21)28-26(22)25/h5-15,17-19H,16H2,1-4H3;5-17H,1-4H3;5-18H,1-4H3;4-16H,1-3H3/q4*+1. The molecule has 8 nitrogen and oxygen atoms in total. The molecule has 592 valence electrons. The Labute approximate surface area is 702 Å². The fraction of sp³-hybridized carbons (Fsp3) is 0.171. The highest BCUT2D eigenvalue weighted by atomic mass is 19.1. The van der Waals surface area contributed by atoms with Crippen molar-refractivity contribution < 1.29 is 40.3 Å². The molecule has 0 bridgehead atoms. The number of nitrogens with zero attached hydrogens (tertiary/aromatic N) is 4. The SMILES string of the molecule is Cc1ccc2c(oc3ccccc32)c1-c1ccc(-c2ccc(F)c(C(C)C)c2)c[n+]1C.Cc1ccc2c(oc3ccccc32)c1-c1ccc(-c2cccc(C(C)C)c2)c[n+]1C.Cc1ccc2c(oc3ccccc32)c1-c1ccc(-c2cccc(CC(C)C)c2)c[n+]1C.Cc1cccc(-c2ccc(-c3c(C)ccc4c3oc3ccccc34)[n+](C)c2)c1. The molecule has 12 aromatic carbocycles. The maximum atomic E-state index is 14.2. The predicted octanol–water partition coefficient (Wildman–Crippen LogP) is 28.1. The van der Waals surface area contributed by atoms with Crippen LogP contribution in [-0.2, 0) is 34.6 Å². The van der Waals surface area contributed by atoms with Crippen LogP contribution in [0.5, 0.6) is 0 Å². The first-order valence-electron chi connectivity index (χ1n) is 41.8. The zero-order chi connectivity index (χ0) is 83.3. The molecular weight excluding hydrogens is 1470 g/mol. The zero-order valence-electron chi connectivity index (χ0n) is 71.2. The lowest BCUT2D eigenvalue weighted by Crippen LogP contribution is -2.31. The minimum Gasteiger partial charge on any atom is -0.455 e. The number of pyridine rings is 4. The van der Waals surface area contributed by atoms with Gasteiger partial charge in [0.05, 0.1) is 22.3 Å². The first-order valence-corrected chi connectivity index (χ1v) is 41.8. The average molecular weight is 1570 g/mol. The van der Waals surface area contributed by atoms with Gasteiger partial charge in [0, 0.05) is 89.6 Å². The fourth-order valence-corrected chi connectivity index (χ4v) is 17.4. The van der Waals surface area contributed by atoms with Crippen LogP contribution in [0.15, 0.2) is 328 Å². The number of hydrogen-bond acceptors (Lipinski definition) is 4. The van der Waals surface area contributed by atoms with E-state index in [1.165, 1.54) is 99.3 Å². The van der Waals surface area contributed by atoms with E-state index in [-0.39, 0.29) is 11.7 Å². The van der Waals surface area contributed by atoms with Crippen LogP contribution in [0.3, 0.4) is 0 Å². The van der Waals surface area contributed by atoms with Crippen molar-refractivity contribution in [1.29, 1.82) is 0 Å². The first-order chi connectivity index (χ1) is 58.1. The smallest absolute Gasteiger partial charge is 0.216 e. The van der Waals surface area contributed by atoms with Crippen molar-refractivity contribution in [3.05, 3.63) is 360 Å². The molecule has 0 fully saturated rings. The van der Waals surface area contributed by atoms with Crippen LogP contribution in [0.1, 0.15) is 97.9 Å². The van der Waals surface area contributed by atoms with Crippen LogP contribution >= 0.6 is 0 Å². The van der Waals surface area contributed by atoms with E-state index in [2.05, 4.69) is 339 Å². The Kier molecular flexibility index (Phi) is 21.7. The van der Waals surface area contributed by atoms with Gasteiger partial charge in [0.2, 0.25) is 22.8 Å². The summed E-state index contributed by atoms with van der Waals surface area (Å²) in [5.74, 6) is 1.17. The van der Waals surface area contributed by atoms with Gasteiger partial charge < -0.3 is 17.7 Å². The Morgan fingerprint density at radius 2 is 0.592 bits per heavy atom. The number of furan rings is 4. The van der Waals surface area contributed by atoms with Crippen LogP contribution in [0, 0.1) is 46.4 Å². The van der Waals surface area contributed by atoms with Crippen molar-refractivity contribution in [3.63, 3.8) is 0 Å². The molecule has 0 atom stereocenters. The number of fused-ring (bicyclic) bond motifs is 12. The van der Waals surface area contributed by atoms with Gasteiger partial charge in [-0.25, -0.2) is 22.7 Å². The van der Waals surface area contributed by atoms with E-state index in [9.17, 15) is 4.39 Å². The number of aryl methyl sites for hydroxylation is 9. The second kappa shape index (κ2) is 33.0. The molecular formula is C111H101FN4O4+4. The van der Waals surface area contributed by atoms with Crippen LogP contribution in [0.4, 0.5) is 4.39 Å². The van der Waals surface area contributed by atoms with Crippen molar-refractivity contribution in [2.24, 2.45) is 34.1 Å². The Morgan fingerprint density at radius 3 is 0.925 bits per heavy atom. The summed E-state index contributed by atoms with van der Waals surface area (Å²) in [6.07, 6.45) is 9.85. The molecule has 0 aliphatic rings. The quantitative estimate of drug-likeness (QED) is 0.114. The van der Waals surface area contributed by atoms with Crippen molar-refractivity contribution in [1.82, 2.24) is 0 Å². The van der Waals surface area contributed by atoms with Crippen LogP contribution in [0.2, 0.25) is 0 Å². The van der Waals surface area contributed by atoms with E-state index >= 15 is 0 Å². The van der Waals surface area contributed by atoms with Gasteiger partial charge in [0.15, 0.2) is 24.8 Å². The predicted molar refractivity (Wildman–Crippen MR) is 493 cm³/mol. The molecule has 20 rings (SSSR count). The minimum absolute atomic E-state index is 0.140. The summed E-state index contributed by atoms with van der Waals surface area (Å²) >= 11 is 0. The van der Waals surface area contributed by atoms with Gasteiger partial charge in [-0.3, -0.25) is 0 Å². The Hall–Kier alpha value is -13.6. The maximum absolute atomic E-state index is 14.2. The summed E-state index contributed by atoms with van der Waals surface area (Å²) in [5, 5.41) is 9.25. The zero-order valence-corrected chi connectivity index (χ0v) is 71.2. The molecule has 120 heavy (non-hydrogen) atoms. The molecule has 0 N–H and O–H groups in total. The molecule has 0 aliphatic carbocycles. The summed E-state index contributed by atoms with van der Waals surface area (Å²) in [6, 6.07) is 99.6. The molecule has 20 aromatic rings. The lowest BCUT2D eigenvalue weighted by Gasteiger charge is -2.10. The van der Waals surface area contributed by atoms with E-state index in [0.717, 1.165) is 129 Å². The van der Waals surface area contributed by atoms with Crippen molar-refractivity contribution in [2.45, 2.75) is 94.4 Å². The molecule has 0 saturated heterocycles. The molecule has 0 saturated carbocycles. The van der Waals surface area contributed by atoms with E-state index in [1.54, 1.807) is 6.07 Å². The third kappa shape index (κ3) is 15.4. The molecule has 0 aliphatic heterocycles. The highest BCUT2D eigenvalue weighted by Gasteiger charge is 2.27. The van der Waals surface area contributed by atoms with E-state index in [1.807, 2.05) is 87.6 Å². The Morgan fingerprint density at radius 1 is 0.275 bits per heavy atom. The van der Waals surface area contributed by atoms with Gasteiger partial charge in [0.1, 0.15) is 78.7 Å². The van der Waals surface area contributed by atoms with Crippen molar-refractivity contribution >= 4 is 87.8 Å². The summed E-state index contributed by atoms with van der Waals surface area (Å²) in [5.41, 5.74) is 35.7. The number of hydrogen-bond donors (Lipinski definition) is 0. The third-order valence-corrected chi connectivity index (χ3v) is 23.7. The molecule has 9 heteroatoms. The minimum atomic E-state index is -0.146. The summed E-state index contributed by atoms with van der Waals surface area (Å²) < 4.78 is 48.2. The van der Waals surface area contributed by atoms with Gasteiger partial charge in [0.25, 0.3) is 0 Å². The van der Waals surface area contributed by atoms with Gasteiger partial charge in [-0.2, -0.15) is 0 Å².